The predicted octanol–water partition coefficient (Wildman–Crippen LogP) is 0.0630. The molecule has 6 nitrogen and oxygen atoms in total. The SMILES string of the molecule is NC(=[NH+]NC(=O)c1ccc(F)cc1)c1cc2ccccc2oc1=O. The maximum Gasteiger partial charge on any atom is 0.352 e. The molecule has 0 saturated carbocycles. The number of fused-ring (bicyclic) bond motifs is 1. The van der Waals surface area contributed by atoms with E-state index in [1.54, 1.807) is 30.3 Å². The average Bonchev–Trinajstić information content (AvgIpc) is 2.59. The Morgan fingerprint density at radius 1 is 1.12 bits per heavy atom. The molecule has 0 spiro atoms. The zero-order valence-corrected chi connectivity index (χ0v) is 12.4. The summed E-state index contributed by atoms with van der Waals surface area (Å²) in [6.07, 6.45) is 0. The van der Waals surface area contributed by atoms with Gasteiger partial charge in [0.1, 0.15) is 11.4 Å². The Bertz CT molecular complexity index is 994. The molecule has 1 heterocycles. The number of benzene rings is 2. The number of nitrogen functional groups attached to an aromatic ring is 1. The van der Waals surface area contributed by atoms with Gasteiger partial charge in [0.15, 0.2) is 5.56 Å². The first-order valence-electron chi connectivity index (χ1n) is 7.02. The Balaban J connectivity index is 1.85. The number of hydrazine groups is 1. The minimum atomic E-state index is -0.630. The number of carbonyl (C=O) groups excluding carboxylic acids is 1. The van der Waals surface area contributed by atoms with Crippen LogP contribution in [0.15, 0.2) is 63.8 Å². The molecule has 24 heavy (non-hydrogen) atoms. The van der Waals surface area contributed by atoms with Gasteiger partial charge in [0.25, 0.3) is 5.91 Å². The number of hydrazone groups is 1. The lowest BCUT2D eigenvalue weighted by Gasteiger charge is -2.00. The molecule has 0 saturated heterocycles. The van der Waals surface area contributed by atoms with Crippen LogP contribution >= 0.6 is 0 Å². The largest absolute Gasteiger partial charge is 0.422 e. The van der Waals surface area contributed by atoms with Crippen molar-refractivity contribution in [2.24, 2.45) is 5.73 Å². The van der Waals surface area contributed by atoms with Gasteiger partial charge in [0, 0.05) is 10.9 Å². The molecule has 0 fully saturated rings. The Morgan fingerprint density at radius 3 is 2.58 bits per heavy atom. The smallest absolute Gasteiger partial charge is 0.352 e. The molecule has 0 aliphatic rings. The molecular weight excluding hydrogens is 313 g/mol. The first-order chi connectivity index (χ1) is 11.5. The number of amides is 1. The maximum atomic E-state index is 12.8. The molecule has 3 rings (SSSR count). The summed E-state index contributed by atoms with van der Waals surface area (Å²) in [5.41, 5.74) is 8.28. The summed E-state index contributed by atoms with van der Waals surface area (Å²) in [6.45, 7) is 0. The van der Waals surface area contributed by atoms with E-state index in [0.717, 1.165) is 0 Å². The minimum Gasteiger partial charge on any atom is -0.422 e. The summed E-state index contributed by atoms with van der Waals surface area (Å²) in [5, 5.41) is 3.15. The van der Waals surface area contributed by atoms with Crippen LogP contribution in [0, 0.1) is 5.82 Å². The molecule has 0 bridgehead atoms. The molecule has 2 aromatic carbocycles. The average molecular weight is 326 g/mol. The van der Waals surface area contributed by atoms with E-state index in [0.29, 0.717) is 11.0 Å². The molecule has 120 valence electrons. The van der Waals surface area contributed by atoms with Crippen molar-refractivity contribution in [3.05, 3.63) is 82.0 Å². The highest BCUT2D eigenvalue weighted by atomic mass is 19.1. The lowest BCUT2D eigenvalue weighted by Crippen LogP contribution is -2.86. The standard InChI is InChI=1S/C17H12FN3O3/c18-12-7-5-10(6-8-12)16(22)21-20-15(19)13-9-11-3-1-2-4-14(11)24-17(13)23/h1-9H,(H2,19,20)(H,21,22)/p+1. The zero-order valence-electron chi connectivity index (χ0n) is 12.4. The number of amidine groups is 1. The number of hydrogen-bond acceptors (Lipinski definition) is 3. The van der Waals surface area contributed by atoms with Gasteiger partial charge in [-0.15, -0.1) is 0 Å². The van der Waals surface area contributed by atoms with E-state index >= 15 is 0 Å². The summed E-state index contributed by atoms with van der Waals surface area (Å²) in [4.78, 5) is 23.9. The number of para-hydroxylation sites is 1. The van der Waals surface area contributed by atoms with Crippen LogP contribution < -0.4 is 21.9 Å². The van der Waals surface area contributed by atoms with Gasteiger partial charge in [-0.05, 0) is 36.4 Å². The van der Waals surface area contributed by atoms with E-state index in [1.807, 2.05) is 0 Å². The van der Waals surface area contributed by atoms with Crippen molar-refractivity contribution in [3.8, 4) is 0 Å². The first kappa shape index (κ1) is 15.4. The molecule has 0 aliphatic heterocycles. The van der Waals surface area contributed by atoms with E-state index in [1.165, 1.54) is 24.3 Å². The van der Waals surface area contributed by atoms with Gasteiger partial charge in [-0.3, -0.25) is 10.5 Å². The van der Waals surface area contributed by atoms with Crippen LogP contribution in [0.2, 0.25) is 0 Å². The highest BCUT2D eigenvalue weighted by Gasteiger charge is 2.14. The van der Waals surface area contributed by atoms with Crippen molar-refractivity contribution in [2.45, 2.75) is 0 Å². The monoisotopic (exact) mass is 326 g/mol. The lowest BCUT2D eigenvalue weighted by atomic mass is 10.2. The summed E-state index contributed by atoms with van der Waals surface area (Å²) in [7, 11) is 0. The van der Waals surface area contributed by atoms with Crippen LogP contribution in [0.25, 0.3) is 11.0 Å². The molecular formula is C17H13FN3O3+. The predicted molar refractivity (Wildman–Crippen MR) is 85.6 cm³/mol. The van der Waals surface area contributed by atoms with Gasteiger partial charge in [-0.25, -0.2) is 9.18 Å². The Labute approximate surface area is 135 Å². The molecule has 4 N–H and O–H groups in total. The summed E-state index contributed by atoms with van der Waals surface area (Å²) in [5.74, 6) is -1.03. The number of nitrogens with two attached hydrogens (primary N) is 1. The number of hydrogen-bond donors (Lipinski definition) is 3. The Hall–Kier alpha value is -3.48. The highest BCUT2D eigenvalue weighted by Crippen LogP contribution is 2.11. The van der Waals surface area contributed by atoms with E-state index < -0.39 is 17.3 Å². The summed E-state index contributed by atoms with van der Waals surface area (Å²) in [6, 6.07) is 13.5. The third-order valence-electron chi connectivity index (χ3n) is 3.35. The van der Waals surface area contributed by atoms with Crippen LogP contribution in [0.4, 0.5) is 4.39 Å². The zero-order chi connectivity index (χ0) is 17.1. The molecule has 0 radical (unpaired) electrons. The quantitative estimate of drug-likeness (QED) is 0.274. The summed E-state index contributed by atoms with van der Waals surface area (Å²) < 4.78 is 18.0. The molecule has 0 atom stereocenters. The number of halogens is 1. The third-order valence-corrected chi connectivity index (χ3v) is 3.35. The van der Waals surface area contributed by atoms with Crippen LogP contribution in [-0.4, -0.2) is 11.7 Å². The second kappa shape index (κ2) is 6.33. The number of rotatable bonds is 3. The minimum absolute atomic E-state index is 0.0648. The van der Waals surface area contributed by atoms with Gasteiger partial charge in [-0.2, -0.15) is 10.5 Å². The van der Waals surface area contributed by atoms with E-state index in [9.17, 15) is 14.0 Å². The maximum absolute atomic E-state index is 12.8. The van der Waals surface area contributed by atoms with E-state index in [4.69, 9.17) is 10.2 Å². The van der Waals surface area contributed by atoms with Crippen LogP contribution in [0.3, 0.4) is 0 Å². The van der Waals surface area contributed by atoms with Crippen molar-refractivity contribution < 1.29 is 18.7 Å². The van der Waals surface area contributed by atoms with Gasteiger partial charge in [0.2, 0.25) is 0 Å². The lowest BCUT2D eigenvalue weighted by molar-refractivity contribution is -0.508. The van der Waals surface area contributed by atoms with Crippen LogP contribution in [-0.2, 0) is 0 Å². The van der Waals surface area contributed by atoms with Gasteiger partial charge >= 0.3 is 11.5 Å². The van der Waals surface area contributed by atoms with Crippen molar-refractivity contribution in [2.75, 3.05) is 0 Å². The second-order valence-electron chi connectivity index (χ2n) is 4.99. The fraction of sp³-hybridized carbons (Fsp3) is 0. The van der Waals surface area contributed by atoms with Gasteiger partial charge in [-0.1, -0.05) is 18.2 Å². The van der Waals surface area contributed by atoms with Crippen molar-refractivity contribution in [1.82, 2.24) is 5.43 Å². The molecule has 1 aromatic heterocycles. The second-order valence-corrected chi connectivity index (χ2v) is 4.99. The van der Waals surface area contributed by atoms with Crippen molar-refractivity contribution in [3.63, 3.8) is 0 Å². The van der Waals surface area contributed by atoms with Gasteiger partial charge < -0.3 is 4.42 Å². The molecule has 3 aromatic rings. The third kappa shape index (κ3) is 3.14. The number of nitrogens with one attached hydrogen (secondary N) is 2. The van der Waals surface area contributed by atoms with Crippen LogP contribution in [0.5, 0.6) is 0 Å². The molecule has 1 amide bonds. The van der Waals surface area contributed by atoms with E-state index in [2.05, 4.69) is 10.5 Å². The van der Waals surface area contributed by atoms with Crippen LogP contribution in [0.1, 0.15) is 15.9 Å². The fourth-order valence-corrected chi connectivity index (χ4v) is 2.11. The topological polar surface area (TPSA) is 99.3 Å². The normalized spacial score (nSPS) is 11.5. The summed E-state index contributed by atoms with van der Waals surface area (Å²) >= 11 is 0. The van der Waals surface area contributed by atoms with Crippen molar-refractivity contribution >= 4 is 22.7 Å². The molecule has 0 aliphatic carbocycles. The molecule has 0 unspecified atom stereocenters. The van der Waals surface area contributed by atoms with E-state index in [-0.39, 0.29) is 17.0 Å². The highest BCUT2D eigenvalue weighted by molar-refractivity contribution is 5.97. The Kier molecular flexibility index (Phi) is 4.07. The Morgan fingerprint density at radius 2 is 1.83 bits per heavy atom. The molecule has 7 heteroatoms. The fourth-order valence-electron chi connectivity index (χ4n) is 2.11. The number of carbonyl (C=O) groups is 1. The first-order valence-corrected chi connectivity index (χ1v) is 7.02. The van der Waals surface area contributed by atoms with Crippen molar-refractivity contribution in [1.29, 1.82) is 0 Å². The van der Waals surface area contributed by atoms with Gasteiger partial charge in [0.05, 0.1) is 0 Å².